The Morgan fingerprint density at radius 3 is 2.52 bits per heavy atom. The van der Waals surface area contributed by atoms with Gasteiger partial charge in [-0.1, -0.05) is 42.5 Å². The van der Waals surface area contributed by atoms with E-state index in [1.807, 2.05) is 52.4 Å². The summed E-state index contributed by atoms with van der Waals surface area (Å²) in [6, 6.07) is 17.2. The van der Waals surface area contributed by atoms with Gasteiger partial charge in [-0.05, 0) is 12.1 Å². The molecule has 1 N–H and O–H groups in total. The van der Waals surface area contributed by atoms with Crippen LogP contribution in [-0.2, 0) is 0 Å². The number of phenols is 1. The summed E-state index contributed by atoms with van der Waals surface area (Å²) in [7, 11) is 0. The zero-order valence-electron chi connectivity index (χ0n) is 11.0. The molecule has 0 unspecified atom stereocenters. The molecular formula is C16H11N3OS. The van der Waals surface area contributed by atoms with Gasteiger partial charge in [0.05, 0.1) is 11.3 Å². The fraction of sp³-hybridized carbons (Fsp3) is 0. The molecule has 0 aliphatic heterocycles. The third kappa shape index (κ3) is 1.98. The van der Waals surface area contributed by atoms with Crippen LogP contribution in [0.3, 0.4) is 0 Å². The first-order valence-corrected chi connectivity index (χ1v) is 7.39. The van der Waals surface area contributed by atoms with Gasteiger partial charge in [0.15, 0.2) is 5.82 Å². The van der Waals surface area contributed by atoms with E-state index >= 15 is 0 Å². The van der Waals surface area contributed by atoms with E-state index in [4.69, 9.17) is 0 Å². The first kappa shape index (κ1) is 12.1. The van der Waals surface area contributed by atoms with Crippen molar-refractivity contribution in [2.24, 2.45) is 0 Å². The lowest BCUT2D eigenvalue weighted by atomic mass is 10.2. The molecule has 4 aromatic rings. The number of hydrogen-bond acceptors (Lipinski definition) is 4. The summed E-state index contributed by atoms with van der Waals surface area (Å²) in [5.41, 5.74) is 2.75. The number of aromatic hydroxyl groups is 1. The highest BCUT2D eigenvalue weighted by molar-refractivity contribution is 7.15. The van der Waals surface area contributed by atoms with Crippen LogP contribution in [0.25, 0.3) is 27.6 Å². The average molecular weight is 293 g/mol. The summed E-state index contributed by atoms with van der Waals surface area (Å²) < 4.78 is 1.82. The van der Waals surface area contributed by atoms with E-state index in [0.717, 1.165) is 16.2 Å². The Morgan fingerprint density at radius 1 is 0.952 bits per heavy atom. The maximum Gasteiger partial charge on any atom is 0.213 e. The van der Waals surface area contributed by atoms with Gasteiger partial charge in [-0.2, -0.15) is 4.98 Å². The first-order valence-electron chi connectivity index (χ1n) is 6.51. The third-order valence-electron chi connectivity index (χ3n) is 3.30. The number of phenolic OH excluding ortho intramolecular Hbond substituents is 1. The quantitative estimate of drug-likeness (QED) is 0.611. The fourth-order valence-electron chi connectivity index (χ4n) is 2.27. The highest BCUT2D eigenvalue weighted by Gasteiger charge is 2.14. The Balaban J connectivity index is 1.89. The summed E-state index contributed by atoms with van der Waals surface area (Å²) in [6.07, 6.45) is 0. The molecule has 0 aliphatic carbocycles. The molecule has 0 radical (unpaired) electrons. The topological polar surface area (TPSA) is 50.4 Å². The molecule has 5 heteroatoms. The molecule has 2 heterocycles. The number of fused-ring (bicyclic) bond motifs is 1. The largest absolute Gasteiger partial charge is 0.507 e. The average Bonchev–Trinajstić information content (AvgIpc) is 3.08. The predicted molar refractivity (Wildman–Crippen MR) is 83.4 cm³/mol. The Hall–Kier alpha value is -2.66. The van der Waals surface area contributed by atoms with Crippen molar-refractivity contribution >= 4 is 16.3 Å². The lowest BCUT2D eigenvalue weighted by Crippen LogP contribution is -1.89. The minimum atomic E-state index is 0.192. The van der Waals surface area contributed by atoms with E-state index in [2.05, 4.69) is 10.1 Å². The number of benzene rings is 2. The van der Waals surface area contributed by atoms with E-state index in [1.165, 1.54) is 11.3 Å². The van der Waals surface area contributed by atoms with Gasteiger partial charge < -0.3 is 5.11 Å². The van der Waals surface area contributed by atoms with Crippen LogP contribution in [0.5, 0.6) is 5.75 Å². The van der Waals surface area contributed by atoms with Gasteiger partial charge in [0, 0.05) is 10.9 Å². The van der Waals surface area contributed by atoms with Gasteiger partial charge in [-0.25, -0.2) is 4.52 Å². The van der Waals surface area contributed by atoms with Gasteiger partial charge in [-0.15, -0.1) is 16.4 Å². The van der Waals surface area contributed by atoms with Gasteiger partial charge in [-0.3, -0.25) is 0 Å². The van der Waals surface area contributed by atoms with E-state index in [-0.39, 0.29) is 5.75 Å². The lowest BCUT2D eigenvalue weighted by Gasteiger charge is -1.99. The SMILES string of the molecule is Oc1ccccc1-c1nc2scc(-c3ccccc3)n2n1. The molecule has 0 atom stereocenters. The molecule has 0 saturated carbocycles. The molecule has 0 aliphatic rings. The van der Waals surface area contributed by atoms with Crippen LogP contribution in [0.1, 0.15) is 0 Å². The van der Waals surface area contributed by atoms with Gasteiger partial charge in [0.25, 0.3) is 0 Å². The third-order valence-corrected chi connectivity index (χ3v) is 4.11. The molecule has 0 amide bonds. The molecular weight excluding hydrogens is 282 g/mol. The lowest BCUT2D eigenvalue weighted by molar-refractivity contribution is 0.477. The summed E-state index contributed by atoms with van der Waals surface area (Å²) in [4.78, 5) is 5.31. The molecule has 0 fully saturated rings. The van der Waals surface area contributed by atoms with Gasteiger partial charge >= 0.3 is 0 Å². The van der Waals surface area contributed by atoms with Crippen molar-refractivity contribution in [3.8, 4) is 28.4 Å². The fourth-order valence-corrected chi connectivity index (χ4v) is 3.10. The second-order valence-electron chi connectivity index (χ2n) is 4.63. The van der Waals surface area contributed by atoms with Gasteiger partial charge in [0.2, 0.25) is 4.96 Å². The molecule has 0 spiro atoms. The predicted octanol–water partition coefficient (Wildman–Crippen LogP) is 3.83. The second kappa shape index (κ2) is 4.71. The second-order valence-corrected chi connectivity index (χ2v) is 5.47. The number of aromatic nitrogens is 3. The summed E-state index contributed by atoms with van der Waals surface area (Å²) in [5, 5.41) is 16.5. The normalized spacial score (nSPS) is 11.0. The molecule has 4 rings (SSSR count). The number of para-hydroxylation sites is 1. The Kier molecular flexibility index (Phi) is 2.72. The number of hydrogen-bond donors (Lipinski definition) is 1. The Labute approximate surface area is 125 Å². The standard InChI is InChI=1S/C16H11N3OS/c20-14-9-5-4-8-12(14)15-17-16-19(18-15)13(10-21-16)11-6-2-1-3-7-11/h1-10,20H. The number of nitrogens with zero attached hydrogens (tertiary/aromatic N) is 3. The molecule has 0 saturated heterocycles. The molecule has 2 aromatic heterocycles. The monoisotopic (exact) mass is 293 g/mol. The maximum absolute atomic E-state index is 9.93. The molecule has 21 heavy (non-hydrogen) atoms. The first-order chi connectivity index (χ1) is 10.3. The Bertz CT molecular complexity index is 912. The van der Waals surface area contributed by atoms with Crippen molar-refractivity contribution < 1.29 is 5.11 Å². The highest BCUT2D eigenvalue weighted by Crippen LogP contribution is 2.30. The van der Waals surface area contributed by atoms with E-state index < -0.39 is 0 Å². The molecule has 2 aromatic carbocycles. The van der Waals surface area contributed by atoms with Crippen LogP contribution in [0, 0.1) is 0 Å². The van der Waals surface area contributed by atoms with Crippen LogP contribution in [0.4, 0.5) is 0 Å². The summed E-state index contributed by atoms with van der Waals surface area (Å²) >= 11 is 1.54. The van der Waals surface area contributed by atoms with Crippen molar-refractivity contribution in [2.45, 2.75) is 0 Å². The van der Waals surface area contributed by atoms with E-state index in [1.54, 1.807) is 12.1 Å². The molecule has 102 valence electrons. The minimum Gasteiger partial charge on any atom is -0.507 e. The maximum atomic E-state index is 9.93. The van der Waals surface area contributed by atoms with Crippen LogP contribution in [0.2, 0.25) is 0 Å². The summed E-state index contributed by atoms with van der Waals surface area (Å²) in [5.74, 6) is 0.731. The van der Waals surface area contributed by atoms with E-state index in [9.17, 15) is 5.11 Å². The Morgan fingerprint density at radius 2 is 1.71 bits per heavy atom. The minimum absolute atomic E-state index is 0.192. The van der Waals surface area contributed by atoms with Crippen LogP contribution < -0.4 is 0 Å². The smallest absolute Gasteiger partial charge is 0.213 e. The number of thiazole rings is 1. The van der Waals surface area contributed by atoms with Crippen molar-refractivity contribution in [3.63, 3.8) is 0 Å². The highest BCUT2D eigenvalue weighted by atomic mass is 32.1. The zero-order chi connectivity index (χ0) is 14.2. The molecule has 0 bridgehead atoms. The van der Waals surface area contributed by atoms with Crippen LogP contribution in [0.15, 0.2) is 60.0 Å². The van der Waals surface area contributed by atoms with Crippen molar-refractivity contribution in [3.05, 3.63) is 60.0 Å². The summed E-state index contributed by atoms with van der Waals surface area (Å²) in [6.45, 7) is 0. The zero-order valence-corrected chi connectivity index (χ0v) is 11.8. The van der Waals surface area contributed by atoms with Crippen LogP contribution in [-0.4, -0.2) is 19.7 Å². The van der Waals surface area contributed by atoms with Crippen LogP contribution >= 0.6 is 11.3 Å². The number of rotatable bonds is 2. The van der Waals surface area contributed by atoms with Crippen molar-refractivity contribution in [1.29, 1.82) is 0 Å². The van der Waals surface area contributed by atoms with Gasteiger partial charge in [0.1, 0.15) is 5.75 Å². The van der Waals surface area contributed by atoms with E-state index in [0.29, 0.717) is 11.4 Å². The van der Waals surface area contributed by atoms with Crippen molar-refractivity contribution in [2.75, 3.05) is 0 Å². The molecule has 4 nitrogen and oxygen atoms in total. The van der Waals surface area contributed by atoms with Crippen molar-refractivity contribution in [1.82, 2.24) is 14.6 Å².